The second-order valence-electron chi connectivity index (χ2n) is 6.71. The molecule has 10 nitrogen and oxygen atoms in total. The third-order valence-corrected chi connectivity index (χ3v) is 5.22. The Bertz CT molecular complexity index is 1370. The number of hydrogen-bond donors (Lipinski definition) is 5. The van der Waals surface area contributed by atoms with Gasteiger partial charge in [0.1, 0.15) is 5.75 Å². The van der Waals surface area contributed by atoms with Crippen LogP contribution < -0.4 is 14.6 Å². The first-order valence-corrected chi connectivity index (χ1v) is 10.3. The van der Waals surface area contributed by atoms with Crippen LogP contribution in [-0.4, -0.2) is 40.5 Å². The van der Waals surface area contributed by atoms with E-state index in [9.17, 15) is 18.6 Å². The van der Waals surface area contributed by atoms with Crippen LogP contribution in [0.25, 0.3) is 33.3 Å². The predicted octanol–water partition coefficient (Wildman–Crippen LogP) is 2.27. The Hall–Kier alpha value is -3.70. The van der Waals surface area contributed by atoms with Crippen molar-refractivity contribution in [2.75, 3.05) is 11.8 Å². The maximum absolute atomic E-state index is 11.7. The first-order valence-electron chi connectivity index (χ1n) is 8.72. The summed E-state index contributed by atoms with van der Waals surface area (Å²) >= 11 is 0. The van der Waals surface area contributed by atoms with Crippen molar-refractivity contribution in [2.24, 2.45) is 12.2 Å². The fourth-order valence-electron chi connectivity index (χ4n) is 3.38. The molecule has 2 aromatic carbocycles. The van der Waals surface area contributed by atoms with Crippen molar-refractivity contribution in [1.82, 2.24) is 14.8 Å². The van der Waals surface area contributed by atoms with Gasteiger partial charge in [-0.2, -0.15) is 13.5 Å². The van der Waals surface area contributed by atoms with Crippen molar-refractivity contribution >= 4 is 26.9 Å². The third-order valence-electron chi connectivity index (χ3n) is 4.75. The lowest BCUT2D eigenvalue weighted by molar-refractivity contribution is 0.370. The SMILES string of the molecule is COc1cc(-c2[nH]nc(NS(N)(=O)=O)c2-c2ccc3c(ccn3C)c2)c(O)cc1O. The molecule has 0 fully saturated rings. The van der Waals surface area contributed by atoms with Crippen molar-refractivity contribution < 1.29 is 23.4 Å². The maximum atomic E-state index is 11.7. The number of methoxy groups -OCH3 is 1. The number of ether oxygens (including phenoxy) is 1. The molecule has 2 aromatic heterocycles. The van der Waals surface area contributed by atoms with Crippen LogP contribution in [0.1, 0.15) is 0 Å². The fraction of sp³-hybridized carbons (Fsp3) is 0.105. The van der Waals surface area contributed by atoms with Crippen LogP contribution in [0.15, 0.2) is 42.6 Å². The van der Waals surface area contributed by atoms with E-state index < -0.39 is 10.2 Å². The Labute approximate surface area is 171 Å². The van der Waals surface area contributed by atoms with Gasteiger partial charge < -0.3 is 19.5 Å². The number of benzene rings is 2. The highest BCUT2D eigenvalue weighted by Gasteiger charge is 2.23. The van der Waals surface area contributed by atoms with E-state index >= 15 is 0 Å². The molecule has 11 heteroatoms. The number of hydrogen-bond acceptors (Lipinski definition) is 6. The molecule has 0 radical (unpaired) electrons. The van der Waals surface area contributed by atoms with Crippen molar-refractivity contribution in [2.45, 2.75) is 0 Å². The summed E-state index contributed by atoms with van der Waals surface area (Å²) < 4.78 is 32.6. The van der Waals surface area contributed by atoms with Crippen LogP contribution in [0, 0.1) is 0 Å². The molecule has 30 heavy (non-hydrogen) atoms. The summed E-state index contributed by atoms with van der Waals surface area (Å²) in [6.45, 7) is 0. The molecule has 156 valence electrons. The highest BCUT2D eigenvalue weighted by atomic mass is 32.2. The average molecular weight is 429 g/mol. The molecule has 0 saturated heterocycles. The second-order valence-corrected chi connectivity index (χ2v) is 8.00. The number of aromatic hydroxyl groups is 2. The number of phenolic OH excluding ortho intramolecular Hbond substituents is 2. The van der Waals surface area contributed by atoms with Gasteiger partial charge in [-0.15, -0.1) is 0 Å². The molecule has 0 aliphatic rings. The molecule has 0 bridgehead atoms. The highest BCUT2D eigenvalue weighted by molar-refractivity contribution is 7.90. The van der Waals surface area contributed by atoms with E-state index in [2.05, 4.69) is 14.9 Å². The lowest BCUT2D eigenvalue weighted by atomic mass is 9.99. The summed E-state index contributed by atoms with van der Waals surface area (Å²) in [6.07, 6.45) is 1.91. The van der Waals surface area contributed by atoms with Gasteiger partial charge in [-0.3, -0.25) is 9.82 Å². The molecule has 0 aliphatic heterocycles. The summed E-state index contributed by atoms with van der Waals surface area (Å²) in [6, 6.07) is 10.0. The largest absolute Gasteiger partial charge is 0.507 e. The number of nitrogens with zero attached hydrogens (tertiary/aromatic N) is 2. The smallest absolute Gasteiger partial charge is 0.297 e. The fourth-order valence-corrected chi connectivity index (χ4v) is 3.80. The minimum atomic E-state index is -4.11. The van der Waals surface area contributed by atoms with Crippen LogP contribution in [0.3, 0.4) is 0 Å². The van der Waals surface area contributed by atoms with Gasteiger partial charge in [0, 0.05) is 35.8 Å². The maximum Gasteiger partial charge on any atom is 0.297 e. The zero-order valence-corrected chi connectivity index (χ0v) is 16.9. The number of anilines is 1. The Kier molecular flexibility index (Phi) is 4.56. The van der Waals surface area contributed by atoms with Gasteiger partial charge >= 0.3 is 0 Å². The lowest BCUT2D eigenvalue weighted by Gasteiger charge is -2.11. The lowest BCUT2D eigenvalue weighted by Crippen LogP contribution is -2.22. The molecule has 0 saturated carbocycles. The number of H-pyrrole nitrogens is 1. The minimum absolute atomic E-state index is 0.0331. The third kappa shape index (κ3) is 3.40. The Balaban J connectivity index is 1.98. The molecular weight excluding hydrogens is 410 g/mol. The molecule has 0 spiro atoms. The molecule has 4 aromatic rings. The zero-order valence-electron chi connectivity index (χ0n) is 16.0. The van der Waals surface area contributed by atoms with E-state index in [4.69, 9.17) is 9.88 Å². The number of phenols is 2. The van der Waals surface area contributed by atoms with E-state index in [0.29, 0.717) is 16.8 Å². The predicted molar refractivity (Wildman–Crippen MR) is 113 cm³/mol. The van der Waals surface area contributed by atoms with Gasteiger partial charge in [-0.05, 0) is 29.8 Å². The standard InChI is InChI=1S/C19H19N5O5S/c1-24-6-5-10-7-11(3-4-13(10)24)17-18(21-22-19(17)23-30(20,27)28)12-8-16(29-2)15(26)9-14(12)25/h3-9,25-26H,1-2H3,(H2,20,27,28)(H2,21,22,23). The number of aromatic amines is 1. The molecule has 4 rings (SSSR count). The first kappa shape index (κ1) is 19.6. The zero-order chi connectivity index (χ0) is 21.6. The Morgan fingerprint density at radius 3 is 2.63 bits per heavy atom. The summed E-state index contributed by atoms with van der Waals surface area (Å²) in [5.41, 5.74) is 2.56. The van der Waals surface area contributed by atoms with Gasteiger partial charge in [0.2, 0.25) is 0 Å². The minimum Gasteiger partial charge on any atom is -0.507 e. The van der Waals surface area contributed by atoms with Crippen LogP contribution in [-0.2, 0) is 17.3 Å². The van der Waals surface area contributed by atoms with Crippen molar-refractivity contribution in [3.8, 4) is 39.6 Å². The highest BCUT2D eigenvalue weighted by Crippen LogP contribution is 2.44. The van der Waals surface area contributed by atoms with E-state index in [-0.39, 0.29) is 28.6 Å². The summed E-state index contributed by atoms with van der Waals surface area (Å²) in [4.78, 5) is 0. The number of aromatic nitrogens is 3. The van der Waals surface area contributed by atoms with Gasteiger partial charge in [-0.1, -0.05) is 6.07 Å². The van der Waals surface area contributed by atoms with E-state index in [1.54, 1.807) is 6.07 Å². The van der Waals surface area contributed by atoms with Crippen molar-refractivity contribution in [3.63, 3.8) is 0 Å². The number of aryl methyl sites for hydroxylation is 1. The van der Waals surface area contributed by atoms with Crippen molar-refractivity contribution in [3.05, 3.63) is 42.6 Å². The van der Waals surface area contributed by atoms with Gasteiger partial charge in [-0.25, -0.2) is 5.14 Å². The Morgan fingerprint density at radius 1 is 1.17 bits per heavy atom. The average Bonchev–Trinajstić information content (AvgIpc) is 3.24. The molecule has 2 heterocycles. The van der Waals surface area contributed by atoms with Gasteiger partial charge in [0.25, 0.3) is 10.2 Å². The normalized spacial score (nSPS) is 11.7. The monoisotopic (exact) mass is 429 g/mol. The molecule has 6 N–H and O–H groups in total. The molecule has 0 unspecified atom stereocenters. The summed E-state index contributed by atoms with van der Waals surface area (Å²) in [7, 11) is -0.816. The topological polar surface area (TPSA) is 155 Å². The molecule has 0 aliphatic carbocycles. The second kappa shape index (κ2) is 6.97. The van der Waals surface area contributed by atoms with E-state index in [0.717, 1.165) is 17.0 Å². The molecular formula is C19H19N5O5S. The quantitative estimate of drug-likeness (QED) is 0.328. The van der Waals surface area contributed by atoms with Crippen LogP contribution >= 0.6 is 0 Å². The number of fused-ring (bicyclic) bond motifs is 1. The summed E-state index contributed by atoms with van der Waals surface area (Å²) in [5.74, 6) is -0.397. The first-order chi connectivity index (χ1) is 14.2. The van der Waals surface area contributed by atoms with Crippen molar-refractivity contribution in [1.29, 1.82) is 0 Å². The number of nitrogens with two attached hydrogens (primary N) is 1. The van der Waals surface area contributed by atoms with Crippen LogP contribution in [0.2, 0.25) is 0 Å². The number of nitrogens with one attached hydrogen (secondary N) is 2. The summed E-state index contributed by atoms with van der Waals surface area (Å²) in [5, 5.41) is 33.2. The van der Waals surface area contributed by atoms with Crippen LogP contribution in [0.4, 0.5) is 5.82 Å². The van der Waals surface area contributed by atoms with E-state index in [1.165, 1.54) is 13.2 Å². The van der Waals surface area contributed by atoms with Gasteiger partial charge in [0.05, 0.1) is 18.4 Å². The van der Waals surface area contributed by atoms with E-state index in [1.807, 2.05) is 36.0 Å². The Morgan fingerprint density at radius 2 is 1.93 bits per heavy atom. The van der Waals surface area contributed by atoms with Gasteiger partial charge in [0.15, 0.2) is 17.3 Å². The number of rotatable bonds is 5. The molecule has 0 amide bonds. The molecule has 0 atom stereocenters. The van der Waals surface area contributed by atoms with Crippen LogP contribution in [0.5, 0.6) is 17.2 Å².